The Labute approximate surface area is 300 Å². The number of carbonyl (C=O) groups is 1. The van der Waals surface area contributed by atoms with Crippen molar-refractivity contribution in [3.8, 4) is 44.5 Å². The fourth-order valence-corrected chi connectivity index (χ4v) is 7.22. The van der Waals surface area contributed by atoms with Gasteiger partial charge in [0.15, 0.2) is 0 Å². The molecule has 4 aromatic carbocycles. The second-order valence-electron chi connectivity index (χ2n) is 12.7. The van der Waals surface area contributed by atoms with Crippen molar-refractivity contribution in [2.45, 2.75) is 0 Å². The highest BCUT2D eigenvalue weighted by Gasteiger charge is 2.25. The quantitative estimate of drug-likeness (QED) is 0.170. The van der Waals surface area contributed by atoms with Gasteiger partial charge in [-0.25, -0.2) is 9.97 Å². The summed E-state index contributed by atoms with van der Waals surface area (Å²) in [4.78, 5) is 32.0. The maximum Gasteiger partial charge on any atom is 0.253 e. The molecule has 8 bridgehead atoms. The van der Waals surface area contributed by atoms with E-state index in [1.165, 1.54) is 0 Å². The van der Waals surface area contributed by atoms with Gasteiger partial charge in [0.1, 0.15) is 0 Å². The minimum absolute atomic E-state index is 0.212. The van der Waals surface area contributed by atoms with E-state index in [1.54, 1.807) is 7.05 Å². The molecule has 2 aliphatic rings. The summed E-state index contributed by atoms with van der Waals surface area (Å²) >= 11 is 0. The molecule has 0 fully saturated rings. The van der Waals surface area contributed by atoms with Gasteiger partial charge in [-0.05, 0) is 64.7 Å². The average molecular weight is 672 g/mol. The van der Waals surface area contributed by atoms with Crippen LogP contribution in [-0.4, -0.2) is 32.9 Å². The van der Waals surface area contributed by atoms with Crippen molar-refractivity contribution >= 4 is 51.8 Å². The van der Waals surface area contributed by atoms with Gasteiger partial charge in [-0.1, -0.05) is 121 Å². The molecule has 52 heavy (non-hydrogen) atoms. The number of benzene rings is 4. The Morgan fingerprint density at radius 1 is 0.462 bits per heavy atom. The number of likely N-dealkylation sites (N-methyl/N-ethyl adjacent to an activating group) is 1. The van der Waals surface area contributed by atoms with Gasteiger partial charge >= 0.3 is 0 Å². The molecular formula is C46H33N5O. The number of rotatable bonds is 5. The molecule has 0 saturated heterocycles. The first kappa shape index (κ1) is 31.0. The van der Waals surface area contributed by atoms with Crippen molar-refractivity contribution in [1.82, 2.24) is 25.3 Å². The number of nitrogens with one attached hydrogen (secondary N) is 3. The van der Waals surface area contributed by atoms with Gasteiger partial charge < -0.3 is 15.3 Å². The highest BCUT2D eigenvalue weighted by Crippen LogP contribution is 2.40. The van der Waals surface area contributed by atoms with Crippen LogP contribution in [-0.2, 0) is 4.79 Å². The zero-order valence-electron chi connectivity index (χ0n) is 28.4. The molecule has 0 saturated carbocycles. The smallest absolute Gasteiger partial charge is 0.253 e. The monoisotopic (exact) mass is 671 g/mol. The van der Waals surface area contributed by atoms with Gasteiger partial charge in [-0.3, -0.25) is 4.79 Å². The molecule has 0 spiro atoms. The molecule has 6 nitrogen and oxygen atoms in total. The van der Waals surface area contributed by atoms with E-state index >= 15 is 0 Å². The van der Waals surface area contributed by atoms with Crippen LogP contribution in [0, 0.1) is 0 Å². The molecule has 0 radical (unpaired) electrons. The standard InChI is InChI=1S/C46H33N5O/c1-47-46(52)33-28-40-43(31-18-10-4-11-19-31)38-25-24-36(49-38)41(29-14-6-2-7-15-29)34-22-23-35(48-34)42(30-16-8-3-9-17-30)37-26-27-39(50-37)44(45(33)51-40)32-20-12-5-13-21-32/h2-28,49-50H,1H3,(H,47,52). The Morgan fingerprint density at radius 3 is 1.23 bits per heavy atom. The number of hydrogen-bond acceptors (Lipinski definition) is 3. The molecule has 9 rings (SSSR count). The van der Waals surface area contributed by atoms with Crippen molar-refractivity contribution in [3.05, 3.63) is 168 Å². The topological polar surface area (TPSA) is 86.5 Å². The van der Waals surface area contributed by atoms with E-state index < -0.39 is 0 Å². The van der Waals surface area contributed by atoms with E-state index in [1.807, 2.05) is 66.7 Å². The summed E-state index contributed by atoms with van der Waals surface area (Å²) in [7, 11) is 1.66. The van der Waals surface area contributed by atoms with Crippen LogP contribution < -0.4 is 5.32 Å². The second kappa shape index (κ2) is 13.0. The largest absolute Gasteiger partial charge is 0.355 e. The van der Waals surface area contributed by atoms with Gasteiger partial charge in [0.2, 0.25) is 0 Å². The van der Waals surface area contributed by atoms with Gasteiger partial charge in [0.25, 0.3) is 5.91 Å². The number of carbonyl (C=O) groups excluding carboxylic acids is 1. The number of amides is 1. The number of hydrogen-bond donors (Lipinski definition) is 3. The Hall–Kier alpha value is -7.05. The van der Waals surface area contributed by atoms with Crippen molar-refractivity contribution in [2.75, 3.05) is 7.05 Å². The SMILES string of the molecule is CNC(=O)C1=Cc2nc1c(-c1ccccc1)c1ccc([nH]1)c(-c1ccccc1)c1nc(c(-c3ccccc3)c3ccc([nH]3)c2-c2ccccc2)C=C1. The number of H-pyrrole nitrogens is 2. The van der Waals surface area contributed by atoms with Gasteiger partial charge in [0, 0.05) is 51.4 Å². The summed E-state index contributed by atoms with van der Waals surface area (Å²) in [5.74, 6) is -0.212. The fourth-order valence-electron chi connectivity index (χ4n) is 7.22. The molecule has 3 aromatic heterocycles. The first-order valence-electron chi connectivity index (χ1n) is 17.3. The first-order chi connectivity index (χ1) is 25.7. The Morgan fingerprint density at radius 2 is 0.827 bits per heavy atom. The molecule has 5 heterocycles. The summed E-state index contributed by atoms with van der Waals surface area (Å²) < 4.78 is 0. The third-order valence-corrected chi connectivity index (χ3v) is 9.58. The summed E-state index contributed by atoms with van der Waals surface area (Å²) in [6.45, 7) is 0. The normalized spacial score (nSPS) is 12.1. The van der Waals surface area contributed by atoms with Crippen LogP contribution in [0.25, 0.3) is 90.4 Å². The lowest BCUT2D eigenvalue weighted by Gasteiger charge is -2.08. The molecule has 248 valence electrons. The number of nitrogens with zero attached hydrogens (tertiary/aromatic N) is 2. The molecule has 1 amide bonds. The van der Waals surface area contributed by atoms with Crippen molar-refractivity contribution in [3.63, 3.8) is 0 Å². The lowest BCUT2D eigenvalue weighted by Crippen LogP contribution is -2.18. The first-order valence-corrected chi connectivity index (χ1v) is 17.3. The summed E-state index contributed by atoms with van der Waals surface area (Å²) in [5, 5.41) is 2.88. The molecule has 0 unspecified atom stereocenters. The number of fused-ring (bicyclic) bond motifs is 8. The van der Waals surface area contributed by atoms with Crippen LogP contribution in [0.3, 0.4) is 0 Å². The predicted molar refractivity (Wildman–Crippen MR) is 214 cm³/mol. The van der Waals surface area contributed by atoms with E-state index in [2.05, 4.69) is 112 Å². The van der Waals surface area contributed by atoms with Crippen molar-refractivity contribution < 1.29 is 4.79 Å². The molecule has 0 atom stereocenters. The van der Waals surface area contributed by atoms with Crippen LogP contribution in [0.15, 0.2) is 146 Å². The van der Waals surface area contributed by atoms with E-state index in [9.17, 15) is 4.79 Å². The average Bonchev–Trinajstić information content (AvgIpc) is 4.03. The minimum Gasteiger partial charge on any atom is -0.355 e. The zero-order valence-corrected chi connectivity index (χ0v) is 28.4. The number of aromatic amines is 2. The van der Waals surface area contributed by atoms with Crippen molar-refractivity contribution in [2.24, 2.45) is 0 Å². The van der Waals surface area contributed by atoms with Crippen LogP contribution in [0.5, 0.6) is 0 Å². The van der Waals surface area contributed by atoms with Gasteiger partial charge in [0.05, 0.1) is 28.3 Å². The van der Waals surface area contributed by atoms with Crippen molar-refractivity contribution in [1.29, 1.82) is 0 Å². The minimum atomic E-state index is -0.212. The van der Waals surface area contributed by atoms with E-state index in [4.69, 9.17) is 9.97 Å². The maximum absolute atomic E-state index is 13.8. The predicted octanol–water partition coefficient (Wildman–Crippen LogP) is 10.4. The van der Waals surface area contributed by atoms with Crippen LogP contribution in [0.1, 0.15) is 22.8 Å². The van der Waals surface area contributed by atoms with Crippen LogP contribution in [0.4, 0.5) is 0 Å². The van der Waals surface area contributed by atoms with Gasteiger partial charge in [-0.15, -0.1) is 0 Å². The number of aromatic nitrogens is 4. The summed E-state index contributed by atoms with van der Waals surface area (Å²) in [6.07, 6.45) is 6.11. The van der Waals surface area contributed by atoms with E-state index in [-0.39, 0.29) is 5.91 Å². The van der Waals surface area contributed by atoms with E-state index in [0.717, 1.165) is 78.0 Å². The van der Waals surface area contributed by atoms with Crippen LogP contribution >= 0.6 is 0 Å². The molecule has 0 aliphatic carbocycles. The molecule has 7 aromatic rings. The maximum atomic E-state index is 13.8. The molecule has 3 N–H and O–H groups in total. The molecular weight excluding hydrogens is 639 g/mol. The highest BCUT2D eigenvalue weighted by atomic mass is 16.1. The Kier molecular flexibility index (Phi) is 7.75. The zero-order chi connectivity index (χ0) is 35.0. The Balaban J connectivity index is 1.52. The lowest BCUT2D eigenvalue weighted by molar-refractivity contribution is -0.115. The Bertz CT molecular complexity index is 2710. The molecule has 2 aliphatic heterocycles. The van der Waals surface area contributed by atoms with Crippen LogP contribution in [0.2, 0.25) is 0 Å². The van der Waals surface area contributed by atoms with Gasteiger partial charge in [-0.2, -0.15) is 0 Å². The third-order valence-electron chi connectivity index (χ3n) is 9.58. The molecule has 6 heteroatoms. The highest BCUT2D eigenvalue weighted by molar-refractivity contribution is 6.27. The summed E-state index contributed by atoms with van der Waals surface area (Å²) in [6, 6.07) is 49.4. The fraction of sp³-hybridized carbons (Fsp3) is 0.0217. The summed E-state index contributed by atoms with van der Waals surface area (Å²) in [5.41, 5.74) is 14.7. The lowest BCUT2D eigenvalue weighted by atomic mass is 9.99. The van der Waals surface area contributed by atoms with E-state index in [0.29, 0.717) is 17.0 Å². The third kappa shape index (κ3) is 5.43. The second-order valence-corrected chi connectivity index (χ2v) is 12.7.